The molecule has 2 rings (SSSR count). The Labute approximate surface area is 151 Å². The van der Waals surface area contributed by atoms with Crippen LogP contribution in [0.3, 0.4) is 0 Å². The zero-order chi connectivity index (χ0) is 14.2. The van der Waals surface area contributed by atoms with E-state index in [1.54, 1.807) is 4.90 Å². The van der Waals surface area contributed by atoms with Crippen LogP contribution in [-0.4, -0.2) is 35.0 Å². The average Bonchev–Trinajstić information content (AvgIpc) is 2.26. The number of carboxylic acids is 1. The number of benzene rings is 1. The van der Waals surface area contributed by atoms with Gasteiger partial charge in [0.15, 0.2) is 0 Å². The van der Waals surface area contributed by atoms with Crippen LogP contribution in [0.4, 0.5) is 0 Å². The molecule has 0 aliphatic carbocycles. The Morgan fingerprint density at radius 3 is 2.47 bits per heavy atom. The van der Waals surface area contributed by atoms with Crippen molar-refractivity contribution in [3.63, 3.8) is 0 Å². The number of carboxylic acid groups (broad SMARTS) is 1. The molecule has 1 saturated heterocycles. The monoisotopic (exact) mass is 597 g/mol. The molecular formula is C12H10I3NO3. The minimum Gasteiger partial charge on any atom is -0.481 e. The summed E-state index contributed by atoms with van der Waals surface area (Å²) in [7, 11) is 0. The molecule has 1 aliphatic rings. The lowest BCUT2D eigenvalue weighted by molar-refractivity contribution is -0.139. The molecular weight excluding hydrogens is 587 g/mol. The molecule has 0 radical (unpaired) electrons. The first-order chi connectivity index (χ1) is 8.88. The fraction of sp³-hybridized carbons (Fsp3) is 0.333. The summed E-state index contributed by atoms with van der Waals surface area (Å²) in [5.74, 6) is -0.695. The van der Waals surface area contributed by atoms with E-state index in [9.17, 15) is 9.59 Å². The predicted molar refractivity (Wildman–Crippen MR) is 96.2 cm³/mol. The Balaban J connectivity index is 2.08. The van der Waals surface area contributed by atoms with Crippen LogP contribution in [0.5, 0.6) is 0 Å². The Bertz CT molecular complexity index is 541. The SMILES string of the molecule is O=C(O)CC1CN(C(=O)c2cc(I)cc(I)c2I)C1. The fourth-order valence-corrected chi connectivity index (χ4v) is 4.38. The van der Waals surface area contributed by atoms with Gasteiger partial charge in [-0.3, -0.25) is 9.59 Å². The maximum absolute atomic E-state index is 12.4. The van der Waals surface area contributed by atoms with Gasteiger partial charge in [0.05, 0.1) is 12.0 Å². The molecule has 1 heterocycles. The first-order valence-corrected chi connectivity index (χ1v) is 8.77. The topological polar surface area (TPSA) is 57.6 Å². The number of aliphatic carboxylic acids is 1. The molecule has 1 fully saturated rings. The second-order valence-electron chi connectivity index (χ2n) is 4.42. The minimum atomic E-state index is -0.796. The van der Waals surface area contributed by atoms with E-state index in [0.717, 1.165) is 10.7 Å². The summed E-state index contributed by atoms with van der Waals surface area (Å²) in [6, 6.07) is 3.92. The van der Waals surface area contributed by atoms with Gasteiger partial charge in [-0.05, 0) is 79.9 Å². The zero-order valence-corrected chi connectivity index (χ0v) is 16.2. The number of amides is 1. The van der Waals surface area contributed by atoms with Crippen molar-refractivity contribution in [3.8, 4) is 0 Å². The van der Waals surface area contributed by atoms with Gasteiger partial charge in [-0.25, -0.2) is 0 Å². The van der Waals surface area contributed by atoms with Crippen LogP contribution >= 0.6 is 67.8 Å². The molecule has 0 bridgehead atoms. The molecule has 1 aliphatic heterocycles. The van der Waals surface area contributed by atoms with Gasteiger partial charge in [-0.2, -0.15) is 0 Å². The van der Waals surface area contributed by atoms with Crippen LogP contribution in [0.1, 0.15) is 16.8 Å². The fourth-order valence-electron chi connectivity index (χ4n) is 1.99. The zero-order valence-electron chi connectivity index (χ0n) is 9.70. The largest absolute Gasteiger partial charge is 0.481 e. The molecule has 1 amide bonds. The van der Waals surface area contributed by atoms with E-state index in [4.69, 9.17) is 5.11 Å². The normalized spacial score (nSPS) is 15.2. The first-order valence-electron chi connectivity index (χ1n) is 5.54. The van der Waals surface area contributed by atoms with Crippen molar-refractivity contribution in [1.29, 1.82) is 0 Å². The van der Waals surface area contributed by atoms with Gasteiger partial charge in [-0.15, -0.1) is 0 Å². The minimum absolute atomic E-state index is 0.00229. The number of likely N-dealkylation sites (tertiary alicyclic amines) is 1. The van der Waals surface area contributed by atoms with Crippen molar-refractivity contribution in [2.24, 2.45) is 5.92 Å². The van der Waals surface area contributed by atoms with Crippen LogP contribution in [0.2, 0.25) is 0 Å². The van der Waals surface area contributed by atoms with E-state index in [1.165, 1.54) is 0 Å². The Morgan fingerprint density at radius 2 is 1.89 bits per heavy atom. The van der Waals surface area contributed by atoms with Crippen molar-refractivity contribution in [2.45, 2.75) is 6.42 Å². The molecule has 1 N–H and O–H groups in total. The molecule has 0 aromatic heterocycles. The van der Waals surface area contributed by atoms with E-state index in [-0.39, 0.29) is 18.2 Å². The first kappa shape index (κ1) is 15.7. The smallest absolute Gasteiger partial charge is 0.303 e. The summed E-state index contributed by atoms with van der Waals surface area (Å²) in [5.41, 5.74) is 0.714. The number of hydrogen-bond acceptors (Lipinski definition) is 2. The van der Waals surface area contributed by atoms with Gasteiger partial charge in [0.1, 0.15) is 0 Å². The molecule has 0 saturated carbocycles. The summed E-state index contributed by atoms with van der Waals surface area (Å²) in [6.07, 6.45) is 0.144. The van der Waals surface area contributed by atoms with Gasteiger partial charge < -0.3 is 10.0 Å². The van der Waals surface area contributed by atoms with Gasteiger partial charge in [0.25, 0.3) is 5.91 Å². The van der Waals surface area contributed by atoms with Gasteiger partial charge in [0, 0.05) is 29.7 Å². The Kier molecular flexibility index (Phi) is 5.31. The summed E-state index contributed by atoms with van der Waals surface area (Å²) in [6.45, 7) is 1.09. The highest BCUT2D eigenvalue weighted by atomic mass is 127. The molecule has 0 atom stereocenters. The second-order valence-corrected chi connectivity index (χ2v) is 7.91. The molecule has 0 unspecified atom stereocenters. The standard InChI is InChI=1S/C12H10I3NO3/c13-7-2-8(11(15)9(14)3-7)12(19)16-4-6(5-16)1-10(17)18/h2-3,6H,1,4-5H2,(H,17,18). The van der Waals surface area contributed by atoms with E-state index < -0.39 is 5.97 Å². The number of nitrogens with zero attached hydrogens (tertiary/aromatic N) is 1. The predicted octanol–water partition coefficient (Wildman–Crippen LogP) is 3.05. The van der Waals surface area contributed by atoms with E-state index in [0.29, 0.717) is 18.7 Å². The number of carbonyl (C=O) groups excluding carboxylic acids is 1. The third kappa shape index (κ3) is 3.71. The molecule has 1 aromatic carbocycles. The molecule has 7 heteroatoms. The summed E-state index contributed by atoms with van der Waals surface area (Å²) in [5, 5.41) is 8.70. The maximum atomic E-state index is 12.4. The highest BCUT2D eigenvalue weighted by Crippen LogP contribution is 2.27. The lowest BCUT2D eigenvalue weighted by Gasteiger charge is -2.38. The summed E-state index contributed by atoms with van der Waals surface area (Å²) in [4.78, 5) is 24.7. The maximum Gasteiger partial charge on any atom is 0.303 e. The van der Waals surface area contributed by atoms with Gasteiger partial charge >= 0.3 is 5.97 Å². The van der Waals surface area contributed by atoms with Crippen LogP contribution in [0.15, 0.2) is 12.1 Å². The third-order valence-electron chi connectivity index (χ3n) is 2.93. The molecule has 0 spiro atoms. The van der Waals surface area contributed by atoms with Crippen molar-refractivity contribution >= 4 is 79.6 Å². The van der Waals surface area contributed by atoms with Crippen molar-refractivity contribution in [1.82, 2.24) is 4.90 Å². The number of halogens is 3. The van der Waals surface area contributed by atoms with Crippen LogP contribution in [-0.2, 0) is 4.79 Å². The molecule has 102 valence electrons. The highest BCUT2D eigenvalue weighted by molar-refractivity contribution is 14.1. The summed E-state index contributed by atoms with van der Waals surface area (Å²) < 4.78 is 3.06. The number of carbonyl (C=O) groups is 2. The Morgan fingerprint density at radius 1 is 1.26 bits per heavy atom. The van der Waals surface area contributed by atoms with Crippen LogP contribution in [0, 0.1) is 16.6 Å². The molecule has 4 nitrogen and oxygen atoms in total. The van der Waals surface area contributed by atoms with E-state index in [1.807, 2.05) is 12.1 Å². The lowest BCUT2D eigenvalue weighted by Crippen LogP contribution is -2.50. The van der Waals surface area contributed by atoms with Crippen LogP contribution < -0.4 is 0 Å². The van der Waals surface area contributed by atoms with Crippen LogP contribution in [0.25, 0.3) is 0 Å². The number of rotatable bonds is 3. The Hall–Kier alpha value is 0.350. The average molecular weight is 597 g/mol. The second kappa shape index (κ2) is 6.41. The quantitative estimate of drug-likeness (QED) is 0.431. The van der Waals surface area contributed by atoms with Crippen molar-refractivity contribution < 1.29 is 14.7 Å². The molecule has 19 heavy (non-hydrogen) atoms. The van der Waals surface area contributed by atoms with Crippen molar-refractivity contribution in [2.75, 3.05) is 13.1 Å². The third-order valence-corrected chi connectivity index (χ3v) is 6.60. The van der Waals surface area contributed by atoms with E-state index in [2.05, 4.69) is 67.8 Å². The lowest BCUT2D eigenvalue weighted by atomic mass is 9.95. The van der Waals surface area contributed by atoms with E-state index >= 15 is 0 Å². The van der Waals surface area contributed by atoms with Gasteiger partial charge in [-0.1, -0.05) is 0 Å². The highest BCUT2D eigenvalue weighted by Gasteiger charge is 2.33. The molecule has 1 aromatic rings. The van der Waals surface area contributed by atoms with Gasteiger partial charge in [0.2, 0.25) is 0 Å². The number of hydrogen-bond donors (Lipinski definition) is 1. The summed E-state index contributed by atoms with van der Waals surface area (Å²) >= 11 is 6.60. The van der Waals surface area contributed by atoms with Crippen molar-refractivity contribution in [3.05, 3.63) is 28.4 Å².